The second-order valence-electron chi connectivity index (χ2n) is 7.15. The van der Waals surface area contributed by atoms with Crippen molar-refractivity contribution in [2.45, 2.75) is 78.7 Å². The summed E-state index contributed by atoms with van der Waals surface area (Å²) in [6.07, 6.45) is 2.62. The molecule has 0 aromatic heterocycles. The summed E-state index contributed by atoms with van der Waals surface area (Å²) in [6, 6.07) is 0. The smallest absolute Gasteiger partial charge is 0.306 e. The van der Waals surface area contributed by atoms with E-state index in [4.69, 9.17) is 14.9 Å². The molecule has 0 unspecified atom stereocenters. The summed E-state index contributed by atoms with van der Waals surface area (Å²) in [4.78, 5) is 33.2. The molecule has 0 bridgehead atoms. The molecular formula is C17H30O6. The summed E-state index contributed by atoms with van der Waals surface area (Å²) in [5.74, 6) is -1.93. The number of hydrogen-bond acceptors (Lipinski definition) is 4. The second-order valence-corrected chi connectivity index (χ2v) is 7.15. The molecule has 134 valence electrons. The van der Waals surface area contributed by atoms with Crippen LogP contribution in [0.3, 0.4) is 0 Å². The van der Waals surface area contributed by atoms with Crippen LogP contribution < -0.4 is 0 Å². The van der Waals surface area contributed by atoms with Gasteiger partial charge in [0.25, 0.3) is 0 Å². The Morgan fingerprint density at radius 2 is 1.43 bits per heavy atom. The van der Waals surface area contributed by atoms with Crippen molar-refractivity contribution >= 4 is 17.9 Å². The van der Waals surface area contributed by atoms with E-state index >= 15 is 0 Å². The lowest BCUT2D eigenvalue weighted by atomic mass is 9.80. The summed E-state index contributed by atoms with van der Waals surface area (Å²) >= 11 is 0. The van der Waals surface area contributed by atoms with E-state index in [9.17, 15) is 14.4 Å². The van der Waals surface area contributed by atoms with Crippen LogP contribution in [0.15, 0.2) is 0 Å². The molecule has 0 fully saturated rings. The Morgan fingerprint density at radius 3 is 1.83 bits per heavy atom. The summed E-state index contributed by atoms with van der Waals surface area (Å²) < 4.78 is 5.16. The van der Waals surface area contributed by atoms with Crippen molar-refractivity contribution < 1.29 is 29.3 Å². The third-order valence-electron chi connectivity index (χ3n) is 3.75. The Labute approximate surface area is 138 Å². The molecule has 0 heterocycles. The van der Waals surface area contributed by atoms with Crippen molar-refractivity contribution in [3.8, 4) is 0 Å². The molecular weight excluding hydrogens is 300 g/mol. The maximum absolute atomic E-state index is 11.8. The second kappa shape index (κ2) is 10.2. The molecule has 23 heavy (non-hydrogen) atoms. The van der Waals surface area contributed by atoms with Crippen molar-refractivity contribution in [3.63, 3.8) is 0 Å². The van der Waals surface area contributed by atoms with Crippen LogP contribution in [0.25, 0.3) is 0 Å². The number of carbonyl (C=O) groups excluding carboxylic acids is 1. The highest BCUT2D eigenvalue weighted by Crippen LogP contribution is 2.32. The predicted octanol–water partition coefficient (Wildman–Crippen LogP) is 3.48. The Bertz CT molecular complexity index is 382. The zero-order chi connectivity index (χ0) is 18.0. The Kier molecular flexibility index (Phi) is 9.53. The van der Waals surface area contributed by atoms with Crippen molar-refractivity contribution in [1.29, 1.82) is 0 Å². The van der Waals surface area contributed by atoms with Gasteiger partial charge in [0, 0.05) is 12.8 Å². The highest BCUT2D eigenvalue weighted by Gasteiger charge is 2.25. The molecule has 0 saturated heterocycles. The number of carbonyl (C=O) groups is 3. The monoisotopic (exact) mass is 330 g/mol. The fourth-order valence-electron chi connectivity index (χ4n) is 2.47. The summed E-state index contributed by atoms with van der Waals surface area (Å²) in [7, 11) is 0. The van der Waals surface area contributed by atoms with Gasteiger partial charge in [0.2, 0.25) is 0 Å². The third kappa shape index (κ3) is 12.6. The van der Waals surface area contributed by atoms with Gasteiger partial charge in [0.15, 0.2) is 0 Å². The number of carboxylic acid groups (broad SMARTS) is 2. The number of ether oxygens (including phenoxy) is 1. The minimum absolute atomic E-state index is 0.0418. The molecule has 0 atom stereocenters. The van der Waals surface area contributed by atoms with Crippen LogP contribution in [-0.2, 0) is 19.1 Å². The van der Waals surface area contributed by atoms with E-state index in [0.717, 1.165) is 6.42 Å². The average molecular weight is 330 g/mol. The summed E-state index contributed by atoms with van der Waals surface area (Å²) in [6.45, 7) is 7.55. The van der Waals surface area contributed by atoms with Crippen LogP contribution in [0.1, 0.15) is 72.6 Å². The Balaban J connectivity index is 4.45. The molecule has 0 aromatic rings. The minimum atomic E-state index is -0.870. The number of carboxylic acids is 2. The van der Waals surface area contributed by atoms with Crippen LogP contribution >= 0.6 is 0 Å². The van der Waals surface area contributed by atoms with Crippen molar-refractivity contribution in [3.05, 3.63) is 0 Å². The van der Waals surface area contributed by atoms with E-state index in [0.29, 0.717) is 25.7 Å². The van der Waals surface area contributed by atoms with Crippen LogP contribution in [0.2, 0.25) is 0 Å². The van der Waals surface area contributed by atoms with Gasteiger partial charge in [-0.25, -0.2) is 0 Å². The van der Waals surface area contributed by atoms with E-state index in [1.54, 1.807) is 13.8 Å². The first-order valence-corrected chi connectivity index (χ1v) is 8.15. The molecule has 0 aliphatic carbocycles. The maximum Gasteiger partial charge on any atom is 0.306 e. The topological polar surface area (TPSA) is 101 Å². The lowest BCUT2D eigenvalue weighted by Gasteiger charge is -2.26. The van der Waals surface area contributed by atoms with Gasteiger partial charge in [0.05, 0.1) is 12.5 Å². The highest BCUT2D eigenvalue weighted by molar-refractivity contribution is 5.70. The van der Waals surface area contributed by atoms with Gasteiger partial charge in [-0.3, -0.25) is 14.4 Å². The number of hydrogen-bond donors (Lipinski definition) is 2. The predicted molar refractivity (Wildman–Crippen MR) is 86.1 cm³/mol. The van der Waals surface area contributed by atoms with E-state index in [2.05, 4.69) is 0 Å². The fourth-order valence-corrected chi connectivity index (χ4v) is 2.47. The van der Waals surface area contributed by atoms with Crippen LogP contribution in [0.4, 0.5) is 0 Å². The Hall–Kier alpha value is -1.59. The van der Waals surface area contributed by atoms with Gasteiger partial charge >= 0.3 is 17.9 Å². The SMILES string of the molecule is CC(C)OC(=O)CC(C)(C)CCC(CCC(=O)O)CCC(=O)O. The molecule has 0 saturated carbocycles. The van der Waals surface area contributed by atoms with Gasteiger partial charge in [0.1, 0.15) is 0 Å². The number of esters is 1. The van der Waals surface area contributed by atoms with Gasteiger partial charge in [-0.1, -0.05) is 13.8 Å². The molecule has 0 aliphatic heterocycles. The van der Waals surface area contributed by atoms with Crippen LogP contribution in [-0.4, -0.2) is 34.2 Å². The lowest BCUT2D eigenvalue weighted by molar-refractivity contribution is -0.150. The molecule has 6 heteroatoms. The highest BCUT2D eigenvalue weighted by atomic mass is 16.5. The third-order valence-corrected chi connectivity index (χ3v) is 3.75. The van der Waals surface area contributed by atoms with Gasteiger partial charge < -0.3 is 14.9 Å². The normalized spacial score (nSPS) is 11.7. The van der Waals surface area contributed by atoms with E-state index in [1.807, 2.05) is 13.8 Å². The molecule has 6 nitrogen and oxygen atoms in total. The van der Waals surface area contributed by atoms with Crippen molar-refractivity contribution in [1.82, 2.24) is 0 Å². The Morgan fingerprint density at radius 1 is 0.957 bits per heavy atom. The van der Waals surface area contributed by atoms with Crippen LogP contribution in [0, 0.1) is 11.3 Å². The molecule has 0 rings (SSSR count). The van der Waals surface area contributed by atoms with Gasteiger partial charge in [-0.05, 0) is 50.9 Å². The lowest BCUT2D eigenvalue weighted by Crippen LogP contribution is -2.22. The van der Waals surface area contributed by atoms with E-state index in [1.165, 1.54) is 0 Å². The summed E-state index contributed by atoms with van der Waals surface area (Å²) in [5, 5.41) is 17.6. The zero-order valence-corrected chi connectivity index (χ0v) is 14.6. The van der Waals surface area contributed by atoms with Crippen molar-refractivity contribution in [2.75, 3.05) is 0 Å². The van der Waals surface area contributed by atoms with Crippen molar-refractivity contribution in [2.24, 2.45) is 11.3 Å². The quantitative estimate of drug-likeness (QED) is 0.531. The first-order chi connectivity index (χ1) is 10.5. The molecule has 0 radical (unpaired) electrons. The van der Waals surface area contributed by atoms with Gasteiger partial charge in [-0.2, -0.15) is 0 Å². The van der Waals surface area contributed by atoms with Crippen LogP contribution in [0.5, 0.6) is 0 Å². The minimum Gasteiger partial charge on any atom is -0.481 e. The summed E-state index contributed by atoms with van der Waals surface area (Å²) in [5.41, 5.74) is -0.253. The molecule has 0 spiro atoms. The average Bonchev–Trinajstić information content (AvgIpc) is 2.35. The molecule has 0 aromatic carbocycles. The number of aliphatic carboxylic acids is 2. The maximum atomic E-state index is 11.8. The first-order valence-electron chi connectivity index (χ1n) is 8.15. The largest absolute Gasteiger partial charge is 0.481 e. The molecule has 0 amide bonds. The van der Waals surface area contributed by atoms with Gasteiger partial charge in [-0.15, -0.1) is 0 Å². The van der Waals surface area contributed by atoms with E-state index < -0.39 is 11.9 Å². The molecule has 2 N–H and O–H groups in total. The standard InChI is InChI=1S/C17H30O6/c1-12(2)23-16(22)11-17(3,4)10-9-13(5-7-14(18)19)6-8-15(20)21/h12-13H,5-11H2,1-4H3,(H,18,19)(H,20,21). The first kappa shape index (κ1) is 21.4. The molecule has 0 aliphatic rings. The van der Waals surface area contributed by atoms with E-state index in [-0.39, 0.29) is 36.2 Å². The number of rotatable bonds is 12. The fraction of sp³-hybridized carbons (Fsp3) is 0.824. The zero-order valence-electron chi connectivity index (χ0n) is 14.6.